The van der Waals surface area contributed by atoms with Crippen LogP contribution in [0.4, 0.5) is 0 Å². The predicted molar refractivity (Wildman–Crippen MR) is 105 cm³/mol. The summed E-state index contributed by atoms with van der Waals surface area (Å²) in [4.78, 5) is 15.7. The highest BCUT2D eigenvalue weighted by atomic mass is 127. The van der Waals surface area contributed by atoms with E-state index in [0.717, 1.165) is 17.8 Å². The summed E-state index contributed by atoms with van der Waals surface area (Å²) in [5, 5.41) is 10.6. The smallest absolute Gasteiger partial charge is 0.248 e. The number of carbonyl (C=O) groups is 1. The van der Waals surface area contributed by atoms with Gasteiger partial charge < -0.3 is 16.4 Å². The first-order valence-corrected chi connectivity index (χ1v) is 7.48. The number of aryl methyl sites for hydroxylation is 1. The number of hydrogen-bond donors (Lipinski definition) is 3. The van der Waals surface area contributed by atoms with Crippen molar-refractivity contribution in [1.82, 2.24) is 20.4 Å². The van der Waals surface area contributed by atoms with Crippen LogP contribution >= 0.6 is 24.0 Å². The van der Waals surface area contributed by atoms with Crippen LogP contribution in [0.15, 0.2) is 41.5 Å². The Morgan fingerprint density at radius 2 is 2.12 bits per heavy atom. The number of nitrogens with two attached hydrogens (primary N) is 1. The first-order chi connectivity index (χ1) is 11.1. The number of benzene rings is 1. The molecule has 0 saturated heterocycles. The van der Waals surface area contributed by atoms with E-state index in [2.05, 4.69) is 20.7 Å². The van der Waals surface area contributed by atoms with Gasteiger partial charge in [-0.1, -0.05) is 12.1 Å². The summed E-state index contributed by atoms with van der Waals surface area (Å²) in [6.07, 6.45) is 1.76. The van der Waals surface area contributed by atoms with Crippen LogP contribution in [0.1, 0.15) is 28.5 Å². The minimum atomic E-state index is -0.433. The highest BCUT2D eigenvalue weighted by molar-refractivity contribution is 14.0. The zero-order valence-corrected chi connectivity index (χ0v) is 16.2. The number of aromatic nitrogens is 2. The summed E-state index contributed by atoms with van der Waals surface area (Å²) < 4.78 is 1.81. The Kier molecular flexibility index (Phi) is 8.24. The molecule has 0 bridgehead atoms. The number of nitrogens with zero attached hydrogens (tertiary/aromatic N) is 3. The molecule has 0 aliphatic rings. The fraction of sp³-hybridized carbons (Fsp3) is 0.312. The zero-order chi connectivity index (χ0) is 16.7. The summed E-state index contributed by atoms with van der Waals surface area (Å²) in [6.45, 7) is 3.86. The summed E-state index contributed by atoms with van der Waals surface area (Å²) in [6, 6.07) is 9.13. The molecule has 7 nitrogen and oxygen atoms in total. The molecule has 0 fully saturated rings. The third kappa shape index (κ3) is 5.84. The number of guanidine groups is 1. The van der Waals surface area contributed by atoms with E-state index in [1.807, 2.05) is 30.8 Å². The van der Waals surface area contributed by atoms with Crippen LogP contribution in [0.2, 0.25) is 0 Å². The molecule has 2 aromatic rings. The van der Waals surface area contributed by atoms with Gasteiger partial charge in [-0.3, -0.25) is 9.48 Å². The van der Waals surface area contributed by atoms with Crippen LogP contribution < -0.4 is 16.4 Å². The van der Waals surface area contributed by atoms with Crippen molar-refractivity contribution < 1.29 is 4.79 Å². The molecule has 4 N–H and O–H groups in total. The van der Waals surface area contributed by atoms with Crippen molar-refractivity contribution in [3.8, 4) is 0 Å². The summed E-state index contributed by atoms with van der Waals surface area (Å²) in [7, 11) is 1.90. The summed E-state index contributed by atoms with van der Waals surface area (Å²) in [5.41, 5.74) is 7.78. The highest BCUT2D eigenvalue weighted by Crippen LogP contribution is 2.06. The molecule has 0 atom stereocenters. The molecule has 1 amide bonds. The van der Waals surface area contributed by atoms with Gasteiger partial charge in [0.05, 0.1) is 18.8 Å². The first-order valence-electron chi connectivity index (χ1n) is 7.48. The van der Waals surface area contributed by atoms with Gasteiger partial charge in [0.15, 0.2) is 5.96 Å². The molecule has 8 heteroatoms. The van der Waals surface area contributed by atoms with Gasteiger partial charge in [0, 0.05) is 25.4 Å². The SMILES string of the molecule is CCNC(=NCc1cccc(C(N)=O)c1)NCc1ccnn1C.I. The van der Waals surface area contributed by atoms with E-state index in [4.69, 9.17) is 5.73 Å². The van der Waals surface area contributed by atoms with Gasteiger partial charge >= 0.3 is 0 Å². The minimum absolute atomic E-state index is 0. The second-order valence-corrected chi connectivity index (χ2v) is 5.06. The molecule has 1 aromatic carbocycles. The third-order valence-electron chi connectivity index (χ3n) is 3.33. The quantitative estimate of drug-likeness (QED) is 0.358. The summed E-state index contributed by atoms with van der Waals surface area (Å²) >= 11 is 0. The lowest BCUT2D eigenvalue weighted by molar-refractivity contribution is 0.1000. The van der Waals surface area contributed by atoms with Gasteiger partial charge in [-0.25, -0.2) is 4.99 Å². The van der Waals surface area contributed by atoms with Crippen LogP contribution in [0.3, 0.4) is 0 Å². The van der Waals surface area contributed by atoms with Gasteiger partial charge in [-0.15, -0.1) is 24.0 Å². The zero-order valence-electron chi connectivity index (χ0n) is 13.8. The number of aliphatic imine (C=N–C) groups is 1. The Labute approximate surface area is 158 Å². The number of carbonyl (C=O) groups excluding carboxylic acids is 1. The van der Waals surface area contributed by atoms with Crippen molar-refractivity contribution in [2.45, 2.75) is 20.0 Å². The second-order valence-electron chi connectivity index (χ2n) is 5.06. The maximum Gasteiger partial charge on any atom is 0.248 e. The standard InChI is InChI=1S/C16H22N6O.HI/c1-3-18-16(20-11-14-7-8-21-22(14)2)19-10-12-5-4-6-13(9-12)15(17)23;/h4-9H,3,10-11H2,1-2H3,(H2,17,23)(H2,18,19,20);1H. The van der Waals surface area contributed by atoms with Crippen molar-refractivity contribution in [3.05, 3.63) is 53.3 Å². The van der Waals surface area contributed by atoms with Crippen LogP contribution in [0, 0.1) is 0 Å². The van der Waals surface area contributed by atoms with E-state index in [1.54, 1.807) is 24.4 Å². The van der Waals surface area contributed by atoms with Crippen molar-refractivity contribution >= 4 is 35.8 Å². The number of primary amides is 1. The molecule has 0 aliphatic carbocycles. The van der Waals surface area contributed by atoms with Gasteiger partial charge in [-0.2, -0.15) is 5.10 Å². The average molecular weight is 442 g/mol. The van der Waals surface area contributed by atoms with E-state index in [9.17, 15) is 4.79 Å². The Balaban J connectivity index is 0.00000288. The van der Waals surface area contributed by atoms with Crippen molar-refractivity contribution in [1.29, 1.82) is 0 Å². The average Bonchev–Trinajstić information content (AvgIpc) is 2.95. The Hall–Kier alpha value is -2.10. The second kappa shape index (κ2) is 9.91. The van der Waals surface area contributed by atoms with Crippen LogP contribution in [0.5, 0.6) is 0 Å². The lowest BCUT2D eigenvalue weighted by Crippen LogP contribution is -2.37. The first kappa shape index (κ1) is 19.9. The Morgan fingerprint density at radius 3 is 2.75 bits per heavy atom. The molecule has 2 rings (SSSR count). The monoisotopic (exact) mass is 442 g/mol. The fourth-order valence-corrected chi connectivity index (χ4v) is 2.08. The van der Waals surface area contributed by atoms with Gasteiger partial charge in [-0.05, 0) is 30.7 Å². The van der Waals surface area contributed by atoms with Gasteiger partial charge in [0.1, 0.15) is 0 Å². The maximum absolute atomic E-state index is 11.2. The fourth-order valence-electron chi connectivity index (χ4n) is 2.08. The number of rotatable bonds is 6. The lowest BCUT2D eigenvalue weighted by atomic mass is 10.1. The minimum Gasteiger partial charge on any atom is -0.366 e. The number of hydrogen-bond acceptors (Lipinski definition) is 3. The van der Waals surface area contributed by atoms with E-state index >= 15 is 0 Å². The maximum atomic E-state index is 11.2. The molecule has 0 saturated carbocycles. The van der Waals surface area contributed by atoms with E-state index in [-0.39, 0.29) is 24.0 Å². The molecule has 0 spiro atoms. The van der Waals surface area contributed by atoms with E-state index in [1.165, 1.54) is 0 Å². The van der Waals surface area contributed by atoms with E-state index in [0.29, 0.717) is 24.6 Å². The molecule has 24 heavy (non-hydrogen) atoms. The molecule has 1 aromatic heterocycles. The lowest BCUT2D eigenvalue weighted by Gasteiger charge is -2.11. The molecular weight excluding hydrogens is 419 g/mol. The third-order valence-corrected chi connectivity index (χ3v) is 3.33. The summed E-state index contributed by atoms with van der Waals surface area (Å²) in [5.74, 6) is 0.273. The van der Waals surface area contributed by atoms with Gasteiger partial charge in [0.2, 0.25) is 5.91 Å². The number of amides is 1. The Morgan fingerprint density at radius 1 is 1.33 bits per heavy atom. The number of nitrogens with one attached hydrogen (secondary N) is 2. The largest absolute Gasteiger partial charge is 0.366 e. The van der Waals surface area contributed by atoms with Crippen molar-refractivity contribution in [2.24, 2.45) is 17.8 Å². The highest BCUT2D eigenvalue weighted by Gasteiger charge is 2.03. The normalized spacial score (nSPS) is 10.8. The molecule has 130 valence electrons. The molecule has 0 radical (unpaired) electrons. The molecule has 1 heterocycles. The Bertz CT molecular complexity index is 697. The van der Waals surface area contributed by atoms with Crippen molar-refractivity contribution in [3.63, 3.8) is 0 Å². The van der Waals surface area contributed by atoms with Gasteiger partial charge in [0.25, 0.3) is 0 Å². The van der Waals surface area contributed by atoms with Crippen LogP contribution in [-0.4, -0.2) is 28.2 Å². The van der Waals surface area contributed by atoms with Crippen LogP contribution in [-0.2, 0) is 20.1 Å². The van der Waals surface area contributed by atoms with E-state index < -0.39 is 5.91 Å². The number of halogens is 1. The van der Waals surface area contributed by atoms with Crippen LogP contribution in [0.25, 0.3) is 0 Å². The predicted octanol–water partition coefficient (Wildman–Crippen LogP) is 1.39. The molecule has 0 unspecified atom stereocenters. The molecular formula is C16H23IN6O. The van der Waals surface area contributed by atoms with Crippen molar-refractivity contribution in [2.75, 3.05) is 6.54 Å². The topological polar surface area (TPSA) is 97.3 Å². The molecule has 0 aliphatic heterocycles.